The maximum atomic E-state index is 6.34. The molecule has 21 heavy (non-hydrogen) atoms. The average Bonchev–Trinajstić information content (AvgIpc) is 2.83. The molecule has 2 rings (SSSR count). The van der Waals surface area contributed by atoms with Crippen LogP contribution >= 0.6 is 11.6 Å². The highest BCUT2D eigenvalue weighted by molar-refractivity contribution is 6.31. The fourth-order valence-electron chi connectivity index (χ4n) is 2.20. The number of halogens is 1. The summed E-state index contributed by atoms with van der Waals surface area (Å²) in [6.07, 6.45) is 3.41. The first-order valence-electron chi connectivity index (χ1n) is 6.90. The van der Waals surface area contributed by atoms with Crippen LogP contribution in [0.3, 0.4) is 0 Å². The zero-order valence-electron chi connectivity index (χ0n) is 12.5. The zero-order valence-corrected chi connectivity index (χ0v) is 13.3. The van der Waals surface area contributed by atoms with Gasteiger partial charge in [-0.25, -0.2) is 9.97 Å². The van der Waals surface area contributed by atoms with E-state index in [1.54, 1.807) is 19.5 Å². The molecule has 1 atom stereocenters. The van der Waals surface area contributed by atoms with Crippen LogP contribution in [0.2, 0.25) is 5.02 Å². The SMILES string of the molecule is CCNC(c1ccnc(C)n1)c1c(Cl)cnn1CCOC. The number of nitrogens with one attached hydrogen (secondary N) is 1. The van der Waals surface area contributed by atoms with Crippen molar-refractivity contribution in [1.82, 2.24) is 25.1 Å². The topological polar surface area (TPSA) is 64.9 Å². The van der Waals surface area contributed by atoms with E-state index in [0.29, 0.717) is 18.2 Å². The van der Waals surface area contributed by atoms with Gasteiger partial charge in [0.2, 0.25) is 0 Å². The number of rotatable bonds is 7. The number of ether oxygens (including phenoxy) is 1. The summed E-state index contributed by atoms with van der Waals surface area (Å²) in [5.41, 5.74) is 1.78. The van der Waals surface area contributed by atoms with Crippen molar-refractivity contribution in [3.05, 3.63) is 40.7 Å². The molecule has 2 aromatic heterocycles. The second kappa shape index (κ2) is 7.49. The van der Waals surface area contributed by atoms with Crippen LogP contribution in [0.5, 0.6) is 0 Å². The summed E-state index contributed by atoms with van der Waals surface area (Å²) in [5, 5.41) is 8.35. The van der Waals surface area contributed by atoms with Crippen LogP contribution in [0, 0.1) is 6.92 Å². The number of aromatic nitrogens is 4. The first-order valence-corrected chi connectivity index (χ1v) is 7.28. The van der Waals surface area contributed by atoms with Gasteiger partial charge in [-0.05, 0) is 19.5 Å². The van der Waals surface area contributed by atoms with Crippen LogP contribution in [0.4, 0.5) is 0 Å². The van der Waals surface area contributed by atoms with E-state index >= 15 is 0 Å². The molecule has 6 nitrogen and oxygen atoms in total. The Balaban J connectivity index is 2.40. The van der Waals surface area contributed by atoms with Crippen molar-refractivity contribution in [3.8, 4) is 0 Å². The molecular weight excluding hydrogens is 290 g/mol. The minimum absolute atomic E-state index is 0.122. The first kappa shape index (κ1) is 15.9. The molecule has 1 N–H and O–H groups in total. The molecule has 1 unspecified atom stereocenters. The van der Waals surface area contributed by atoms with Crippen molar-refractivity contribution in [2.75, 3.05) is 20.3 Å². The maximum absolute atomic E-state index is 6.34. The zero-order chi connectivity index (χ0) is 15.2. The fraction of sp³-hybridized carbons (Fsp3) is 0.500. The van der Waals surface area contributed by atoms with Gasteiger partial charge in [-0.1, -0.05) is 18.5 Å². The molecule has 2 aromatic rings. The lowest BCUT2D eigenvalue weighted by Gasteiger charge is -2.20. The van der Waals surface area contributed by atoms with E-state index in [1.807, 2.05) is 24.6 Å². The summed E-state index contributed by atoms with van der Waals surface area (Å²) >= 11 is 6.34. The van der Waals surface area contributed by atoms with Gasteiger partial charge in [-0.15, -0.1) is 0 Å². The van der Waals surface area contributed by atoms with E-state index in [2.05, 4.69) is 20.4 Å². The lowest BCUT2D eigenvalue weighted by Crippen LogP contribution is -2.27. The number of nitrogens with zero attached hydrogens (tertiary/aromatic N) is 4. The summed E-state index contributed by atoms with van der Waals surface area (Å²) in [6.45, 7) is 5.93. The summed E-state index contributed by atoms with van der Waals surface area (Å²) in [4.78, 5) is 8.65. The minimum Gasteiger partial charge on any atom is -0.383 e. The van der Waals surface area contributed by atoms with Crippen LogP contribution in [-0.2, 0) is 11.3 Å². The molecule has 0 amide bonds. The molecule has 0 saturated carbocycles. The van der Waals surface area contributed by atoms with Gasteiger partial charge in [0.1, 0.15) is 5.82 Å². The van der Waals surface area contributed by atoms with E-state index in [0.717, 1.165) is 23.8 Å². The second-order valence-electron chi connectivity index (χ2n) is 4.61. The van der Waals surface area contributed by atoms with Gasteiger partial charge in [0.05, 0.1) is 41.8 Å². The highest BCUT2D eigenvalue weighted by atomic mass is 35.5. The number of methoxy groups -OCH3 is 1. The van der Waals surface area contributed by atoms with Crippen molar-refractivity contribution in [2.45, 2.75) is 26.4 Å². The molecular formula is C14H20ClN5O. The van der Waals surface area contributed by atoms with Crippen molar-refractivity contribution in [3.63, 3.8) is 0 Å². The standard InChI is InChI=1S/C14H20ClN5O/c1-4-16-13(12-5-6-17-10(2)19-12)14-11(15)9-18-20(14)7-8-21-3/h5-6,9,13,16H,4,7-8H2,1-3H3. The van der Waals surface area contributed by atoms with Gasteiger partial charge >= 0.3 is 0 Å². The third kappa shape index (κ3) is 3.78. The van der Waals surface area contributed by atoms with E-state index in [9.17, 15) is 0 Å². The second-order valence-corrected chi connectivity index (χ2v) is 5.02. The number of hydrogen-bond donors (Lipinski definition) is 1. The average molecular weight is 310 g/mol. The summed E-state index contributed by atoms with van der Waals surface area (Å²) < 4.78 is 6.98. The van der Waals surface area contributed by atoms with E-state index in [4.69, 9.17) is 16.3 Å². The van der Waals surface area contributed by atoms with Gasteiger partial charge in [0.15, 0.2) is 0 Å². The largest absolute Gasteiger partial charge is 0.383 e. The Hall–Kier alpha value is -1.50. The lowest BCUT2D eigenvalue weighted by molar-refractivity contribution is 0.182. The van der Waals surface area contributed by atoms with Gasteiger partial charge in [-0.2, -0.15) is 5.10 Å². The van der Waals surface area contributed by atoms with Crippen LogP contribution in [0.1, 0.15) is 30.2 Å². The Kier molecular flexibility index (Phi) is 5.67. The molecule has 7 heteroatoms. The van der Waals surface area contributed by atoms with Crippen LogP contribution in [-0.4, -0.2) is 40.0 Å². The molecule has 0 aliphatic heterocycles. The number of hydrogen-bond acceptors (Lipinski definition) is 5. The Morgan fingerprint density at radius 2 is 2.29 bits per heavy atom. The first-order chi connectivity index (χ1) is 10.2. The van der Waals surface area contributed by atoms with E-state index in [1.165, 1.54) is 0 Å². The third-order valence-electron chi connectivity index (χ3n) is 3.12. The van der Waals surface area contributed by atoms with Gasteiger partial charge in [0, 0.05) is 13.3 Å². The molecule has 0 saturated heterocycles. The van der Waals surface area contributed by atoms with E-state index < -0.39 is 0 Å². The van der Waals surface area contributed by atoms with Gasteiger partial charge < -0.3 is 10.1 Å². The predicted molar refractivity (Wildman–Crippen MR) is 81.4 cm³/mol. The molecule has 0 fully saturated rings. The Labute approximate surface area is 129 Å². The Bertz CT molecular complexity index is 586. The quantitative estimate of drug-likeness (QED) is 0.847. The maximum Gasteiger partial charge on any atom is 0.125 e. The van der Waals surface area contributed by atoms with Crippen molar-refractivity contribution in [1.29, 1.82) is 0 Å². The molecule has 0 spiro atoms. The molecule has 2 heterocycles. The molecule has 0 aliphatic rings. The monoisotopic (exact) mass is 309 g/mol. The predicted octanol–water partition coefficient (Wildman–Crippen LogP) is 1.98. The molecule has 0 radical (unpaired) electrons. The highest BCUT2D eigenvalue weighted by Gasteiger charge is 2.22. The van der Waals surface area contributed by atoms with Crippen molar-refractivity contribution in [2.24, 2.45) is 0 Å². The normalized spacial score (nSPS) is 12.6. The summed E-state index contributed by atoms with van der Waals surface area (Å²) in [6, 6.07) is 1.77. The Morgan fingerprint density at radius 1 is 1.48 bits per heavy atom. The summed E-state index contributed by atoms with van der Waals surface area (Å²) in [5.74, 6) is 0.731. The molecule has 114 valence electrons. The Morgan fingerprint density at radius 3 is 2.95 bits per heavy atom. The number of aryl methyl sites for hydroxylation is 1. The smallest absolute Gasteiger partial charge is 0.125 e. The summed E-state index contributed by atoms with van der Waals surface area (Å²) in [7, 11) is 1.67. The van der Waals surface area contributed by atoms with Gasteiger partial charge in [-0.3, -0.25) is 4.68 Å². The molecule has 0 bridgehead atoms. The lowest BCUT2D eigenvalue weighted by atomic mass is 10.1. The molecule has 0 aromatic carbocycles. The highest BCUT2D eigenvalue weighted by Crippen LogP contribution is 2.27. The van der Waals surface area contributed by atoms with Crippen molar-refractivity contribution < 1.29 is 4.74 Å². The van der Waals surface area contributed by atoms with Gasteiger partial charge in [0.25, 0.3) is 0 Å². The van der Waals surface area contributed by atoms with Crippen molar-refractivity contribution >= 4 is 11.6 Å². The molecule has 0 aliphatic carbocycles. The minimum atomic E-state index is -0.122. The fourth-order valence-corrected chi connectivity index (χ4v) is 2.45. The third-order valence-corrected chi connectivity index (χ3v) is 3.41. The van der Waals surface area contributed by atoms with Crippen LogP contribution < -0.4 is 5.32 Å². The van der Waals surface area contributed by atoms with E-state index in [-0.39, 0.29) is 6.04 Å². The van der Waals surface area contributed by atoms with Crippen LogP contribution in [0.15, 0.2) is 18.5 Å². The van der Waals surface area contributed by atoms with Crippen LogP contribution in [0.25, 0.3) is 0 Å².